The summed E-state index contributed by atoms with van der Waals surface area (Å²) >= 11 is 1.35. The van der Waals surface area contributed by atoms with Crippen molar-refractivity contribution in [2.75, 3.05) is 31.1 Å². The van der Waals surface area contributed by atoms with Crippen LogP contribution in [0.15, 0.2) is 60.9 Å². The molecule has 1 aliphatic heterocycles. The Hall–Kier alpha value is -3.39. The Labute approximate surface area is 185 Å². The molecule has 7 nitrogen and oxygen atoms in total. The summed E-state index contributed by atoms with van der Waals surface area (Å²) in [5.74, 6) is 0.652. The van der Waals surface area contributed by atoms with Gasteiger partial charge >= 0.3 is 6.03 Å². The van der Waals surface area contributed by atoms with Gasteiger partial charge in [-0.05, 0) is 42.3 Å². The largest absolute Gasteiger partial charge is 0.492 e. The van der Waals surface area contributed by atoms with Gasteiger partial charge in [-0.25, -0.2) is 4.79 Å². The zero-order valence-electron chi connectivity index (χ0n) is 17.3. The number of nitrogens with zero attached hydrogens (tertiary/aromatic N) is 3. The van der Waals surface area contributed by atoms with E-state index in [-0.39, 0.29) is 11.9 Å². The maximum absolute atomic E-state index is 12.8. The van der Waals surface area contributed by atoms with E-state index in [1.54, 1.807) is 22.2 Å². The molecule has 160 valence electrons. The third-order valence-corrected chi connectivity index (χ3v) is 6.28. The second-order valence-corrected chi connectivity index (χ2v) is 8.25. The molecule has 8 heteroatoms. The molecule has 1 aromatic carbocycles. The highest BCUT2D eigenvalue weighted by molar-refractivity contribution is 7.18. The number of aryl methyl sites for hydroxylation is 1. The van der Waals surface area contributed by atoms with Crippen LogP contribution in [0, 0.1) is 6.92 Å². The van der Waals surface area contributed by atoms with Gasteiger partial charge in [-0.2, -0.15) is 0 Å². The number of carbonyl (C=O) groups excluding carboxylic acids is 2. The molecule has 1 aliphatic rings. The van der Waals surface area contributed by atoms with Crippen LogP contribution >= 0.6 is 11.3 Å². The first-order valence-corrected chi connectivity index (χ1v) is 11.0. The van der Waals surface area contributed by atoms with Gasteiger partial charge < -0.3 is 15.0 Å². The minimum absolute atomic E-state index is 0.0553. The van der Waals surface area contributed by atoms with Crippen molar-refractivity contribution in [3.8, 4) is 5.75 Å². The van der Waals surface area contributed by atoms with Crippen molar-refractivity contribution < 1.29 is 14.3 Å². The molecule has 3 heterocycles. The zero-order chi connectivity index (χ0) is 21.6. The fourth-order valence-electron chi connectivity index (χ4n) is 3.37. The fraction of sp³-hybridized carbons (Fsp3) is 0.261. The zero-order valence-corrected chi connectivity index (χ0v) is 18.1. The smallest absolute Gasteiger partial charge is 0.325 e. The Bertz CT molecular complexity index is 1040. The lowest BCUT2D eigenvalue weighted by Crippen LogP contribution is -2.34. The number of carbonyl (C=O) groups is 2. The van der Waals surface area contributed by atoms with Crippen LogP contribution in [-0.4, -0.2) is 48.1 Å². The van der Waals surface area contributed by atoms with Crippen LogP contribution in [0.3, 0.4) is 0 Å². The molecule has 0 atom stereocenters. The molecule has 4 rings (SSSR count). The molecule has 1 N–H and O–H groups in total. The molecule has 3 aromatic rings. The van der Waals surface area contributed by atoms with E-state index < -0.39 is 0 Å². The summed E-state index contributed by atoms with van der Waals surface area (Å²) in [6.45, 7) is 4.50. The molecule has 1 saturated heterocycles. The maximum Gasteiger partial charge on any atom is 0.325 e. The van der Waals surface area contributed by atoms with Crippen molar-refractivity contribution in [3.05, 3.63) is 76.9 Å². The van der Waals surface area contributed by atoms with Gasteiger partial charge in [0.25, 0.3) is 5.91 Å². The van der Waals surface area contributed by atoms with Gasteiger partial charge in [0.15, 0.2) is 0 Å². The highest BCUT2D eigenvalue weighted by atomic mass is 32.1. The van der Waals surface area contributed by atoms with Gasteiger partial charge in [-0.1, -0.05) is 24.3 Å². The number of hydrogen-bond acceptors (Lipinski definition) is 5. The molecule has 31 heavy (non-hydrogen) atoms. The quantitative estimate of drug-likeness (QED) is 0.584. The topological polar surface area (TPSA) is 74.8 Å². The number of urea groups is 1. The third kappa shape index (κ3) is 5.03. The first kappa shape index (κ1) is 20.9. The normalized spacial score (nSPS) is 13.5. The van der Waals surface area contributed by atoms with Crippen molar-refractivity contribution >= 4 is 28.3 Å². The highest BCUT2D eigenvalue weighted by Gasteiger charge is 2.31. The van der Waals surface area contributed by atoms with E-state index >= 15 is 0 Å². The second-order valence-electron chi connectivity index (χ2n) is 7.22. The van der Waals surface area contributed by atoms with Crippen LogP contribution in [0.2, 0.25) is 0 Å². The number of ether oxygens (including phenoxy) is 1. The van der Waals surface area contributed by atoms with Gasteiger partial charge in [0.05, 0.1) is 11.4 Å². The first-order valence-electron chi connectivity index (χ1n) is 10.1. The van der Waals surface area contributed by atoms with E-state index in [0.717, 1.165) is 21.9 Å². The second kappa shape index (κ2) is 9.61. The highest BCUT2D eigenvalue weighted by Crippen LogP contribution is 2.32. The Morgan fingerprint density at radius 3 is 2.81 bits per heavy atom. The molecule has 0 spiro atoms. The third-order valence-electron chi connectivity index (χ3n) is 5.02. The van der Waals surface area contributed by atoms with Crippen LogP contribution in [-0.2, 0) is 6.54 Å². The molecule has 0 aliphatic carbocycles. The number of benzene rings is 1. The molecule has 0 saturated carbocycles. The van der Waals surface area contributed by atoms with Crippen LogP contribution in [0.4, 0.5) is 9.80 Å². The molecular weight excluding hydrogens is 412 g/mol. The maximum atomic E-state index is 12.8. The number of thiophene rings is 1. The molecule has 1 fully saturated rings. The van der Waals surface area contributed by atoms with Crippen LogP contribution in [0.5, 0.6) is 5.75 Å². The number of anilines is 1. The van der Waals surface area contributed by atoms with Crippen molar-refractivity contribution in [3.63, 3.8) is 0 Å². The van der Waals surface area contributed by atoms with E-state index in [1.807, 2.05) is 55.5 Å². The number of hydrogen-bond donors (Lipinski definition) is 1. The molecule has 2 aromatic heterocycles. The molecule has 0 unspecified atom stereocenters. The number of nitrogens with one attached hydrogen (secondary N) is 1. The van der Waals surface area contributed by atoms with Gasteiger partial charge in [0.2, 0.25) is 0 Å². The summed E-state index contributed by atoms with van der Waals surface area (Å²) in [5, 5.41) is 3.72. The van der Waals surface area contributed by atoms with E-state index in [0.29, 0.717) is 37.7 Å². The predicted octanol–water partition coefficient (Wildman–Crippen LogP) is 3.70. The molecule has 0 bridgehead atoms. The van der Waals surface area contributed by atoms with Crippen molar-refractivity contribution in [1.29, 1.82) is 0 Å². The van der Waals surface area contributed by atoms with Gasteiger partial charge in [0.1, 0.15) is 17.4 Å². The lowest BCUT2D eigenvalue weighted by atomic mass is 10.2. The first-order chi connectivity index (χ1) is 15.1. The summed E-state index contributed by atoms with van der Waals surface area (Å²) in [6, 6.07) is 15.2. The Balaban J connectivity index is 1.33. The lowest BCUT2D eigenvalue weighted by Gasteiger charge is -2.17. The van der Waals surface area contributed by atoms with Gasteiger partial charge in [0, 0.05) is 32.0 Å². The van der Waals surface area contributed by atoms with E-state index in [9.17, 15) is 9.59 Å². The minimum atomic E-state index is -0.141. The van der Waals surface area contributed by atoms with Crippen LogP contribution < -0.4 is 15.0 Å². The average molecular weight is 437 g/mol. The van der Waals surface area contributed by atoms with Crippen molar-refractivity contribution in [2.45, 2.75) is 13.5 Å². The molecular formula is C23H24N4O3S. The summed E-state index contributed by atoms with van der Waals surface area (Å²) in [4.78, 5) is 33.7. The van der Waals surface area contributed by atoms with E-state index in [2.05, 4.69) is 10.3 Å². The van der Waals surface area contributed by atoms with Gasteiger partial charge in [-0.3, -0.25) is 14.7 Å². The monoisotopic (exact) mass is 436 g/mol. The Morgan fingerprint density at radius 1 is 1.19 bits per heavy atom. The Kier molecular flexibility index (Phi) is 6.47. The van der Waals surface area contributed by atoms with Gasteiger partial charge in [-0.15, -0.1) is 11.3 Å². The summed E-state index contributed by atoms with van der Waals surface area (Å²) < 4.78 is 5.71. The number of aromatic nitrogens is 1. The van der Waals surface area contributed by atoms with E-state index in [1.165, 1.54) is 11.3 Å². The van der Waals surface area contributed by atoms with Crippen LogP contribution in [0.25, 0.3) is 0 Å². The Morgan fingerprint density at radius 2 is 2.03 bits per heavy atom. The predicted molar refractivity (Wildman–Crippen MR) is 121 cm³/mol. The average Bonchev–Trinajstić information content (AvgIpc) is 3.36. The number of rotatable bonds is 8. The van der Waals surface area contributed by atoms with E-state index in [4.69, 9.17) is 4.74 Å². The van der Waals surface area contributed by atoms with Crippen molar-refractivity contribution in [2.24, 2.45) is 0 Å². The summed E-state index contributed by atoms with van der Waals surface area (Å²) in [7, 11) is 0. The number of pyridine rings is 1. The SMILES string of the molecule is Cc1cc(N2CCN(CCOc3ccccc3)C2=O)sc1C(=O)NCc1cccnc1. The summed E-state index contributed by atoms with van der Waals surface area (Å²) in [5.41, 5.74) is 1.80. The standard InChI is InChI=1S/C23H24N4O3S/c1-17-14-20(31-21(17)22(28)25-16-18-6-5-9-24-15-18)27-11-10-26(23(27)29)12-13-30-19-7-3-2-4-8-19/h2-9,14-15H,10-13,16H2,1H3,(H,25,28). The van der Waals surface area contributed by atoms with Crippen LogP contribution in [0.1, 0.15) is 20.8 Å². The lowest BCUT2D eigenvalue weighted by molar-refractivity contribution is 0.0954. The van der Waals surface area contributed by atoms with Crippen molar-refractivity contribution in [1.82, 2.24) is 15.2 Å². The summed E-state index contributed by atoms with van der Waals surface area (Å²) in [6.07, 6.45) is 3.43. The number of amides is 3. The molecule has 0 radical (unpaired) electrons. The molecule has 3 amide bonds. The fourth-order valence-corrected chi connectivity index (χ4v) is 4.48. The number of para-hydroxylation sites is 1. The minimum Gasteiger partial charge on any atom is -0.492 e.